The lowest BCUT2D eigenvalue weighted by atomic mass is 9.91. The zero-order valence-corrected chi connectivity index (χ0v) is 15.8. The van der Waals surface area contributed by atoms with Gasteiger partial charge >= 0.3 is 0 Å². The maximum absolute atomic E-state index is 12.9. The third-order valence-electron chi connectivity index (χ3n) is 5.09. The number of benzene rings is 1. The standard InChI is InChI=1S/C22H22N4O2/c1-28-19-9-3-2-8-18(19)21-20(24-11-12-25-21)17-7-5-13-26(15-17)22(27)16-6-4-10-23-14-16/h2-4,6,8-12,14,17H,5,7,13,15H2,1H3/t17-/m1/s1. The van der Waals surface area contributed by atoms with Crippen molar-refractivity contribution in [2.75, 3.05) is 20.2 Å². The number of methoxy groups -OCH3 is 1. The van der Waals surface area contributed by atoms with Crippen LogP contribution in [0.3, 0.4) is 0 Å². The fourth-order valence-corrected chi connectivity index (χ4v) is 3.75. The minimum atomic E-state index is 0.0144. The van der Waals surface area contributed by atoms with Gasteiger partial charge < -0.3 is 9.64 Å². The molecule has 1 aromatic carbocycles. The summed E-state index contributed by atoms with van der Waals surface area (Å²) in [5.41, 5.74) is 3.27. The summed E-state index contributed by atoms with van der Waals surface area (Å²) in [7, 11) is 1.66. The molecule has 0 radical (unpaired) electrons. The smallest absolute Gasteiger partial charge is 0.255 e. The lowest BCUT2D eigenvalue weighted by molar-refractivity contribution is 0.0705. The molecule has 0 N–H and O–H groups in total. The number of aromatic nitrogens is 3. The second-order valence-electron chi connectivity index (χ2n) is 6.82. The van der Waals surface area contributed by atoms with Crippen molar-refractivity contribution in [2.45, 2.75) is 18.8 Å². The minimum absolute atomic E-state index is 0.0144. The Kier molecular flexibility index (Phi) is 5.28. The molecule has 2 aromatic heterocycles. The number of nitrogens with zero attached hydrogens (tertiary/aromatic N) is 4. The van der Waals surface area contributed by atoms with E-state index >= 15 is 0 Å². The number of carbonyl (C=O) groups is 1. The highest BCUT2D eigenvalue weighted by atomic mass is 16.5. The average Bonchev–Trinajstić information content (AvgIpc) is 2.79. The van der Waals surface area contributed by atoms with Crippen LogP contribution < -0.4 is 4.74 Å². The SMILES string of the molecule is COc1ccccc1-c1nccnc1[C@@H]1CCCN(C(=O)c2cccnc2)C1. The quantitative estimate of drug-likeness (QED) is 0.698. The maximum atomic E-state index is 12.9. The molecular formula is C22H22N4O2. The van der Waals surface area contributed by atoms with Gasteiger partial charge in [0.25, 0.3) is 5.91 Å². The molecule has 3 heterocycles. The second kappa shape index (κ2) is 8.17. The monoisotopic (exact) mass is 374 g/mol. The summed E-state index contributed by atoms with van der Waals surface area (Å²) in [5, 5.41) is 0. The number of ether oxygens (including phenoxy) is 1. The summed E-state index contributed by atoms with van der Waals surface area (Å²) in [6.45, 7) is 1.36. The van der Waals surface area contributed by atoms with Gasteiger partial charge in [-0.05, 0) is 37.1 Å². The van der Waals surface area contributed by atoms with Gasteiger partial charge in [0.05, 0.1) is 24.1 Å². The maximum Gasteiger partial charge on any atom is 0.255 e. The van der Waals surface area contributed by atoms with E-state index < -0.39 is 0 Å². The summed E-state index contributed by atoms with van der Waals surface area (Å²) in [4.78, 5) is 28.1. The molecule has 6 heteroatoms. The van der Waals surface area contributed by atoms with Crippen LogP contribution in [0.1, 0.15) is 34.8 Å². The summed E-state index contributed by atoms with van der Waals surface area (Å²) in [5.74, 6) is 0.909. The molecule has 1 saturated heterocycles. The average molecular weight is 374 g/mol. The van der Waals surface area contributed by atoms with Crippen LogP contribution in [0.4, 0.5) is 0 Å². The Hall–Kier alpha value is -3.28. The first-order valence-electron chi connectivity index (χ1n) is 9.41. The van der Waals surface area contributed by atoms with Crippen molar-refractivity contribution in [1.82, 2.24) is 19.9 Å². The lowest BCUT2D eigenvalue weighted by Gasteiger charge is -2.33. The fourth-order valence-electron chi connectivity index (χ4n) is 3.75. The molecular weight excluding hydrogens is 352 g/mol. The van der Waals surface area contributed by atoms with Gasteiger partial charge in [-0.25, -0.2) is 0 Å². The van der Waals surface area contributed by atoms with E-state index in [1.165, 1.54) is 0 Å². The number of pyridine rings is 1. The normalized spacial score (nSPS) is 16.6. The molecule has 28 heavy (non-hydrogen) atoms. The van der Waals surface area contributed by atoms with Crippen LogP contribution in [0, 0.1) is 0 Å². The summed E-state index contributed by atoms with van der Waals surface area (Å²) in [6.07, 6.45) is 8.61. The zero-order chi connectivity index (χ0) is 19.3. The highest BCUT2D eigenvalue weighted by Gasteiger charge is 2.29. The summed E-state index contributed by atoms with van der Waals surface area (Å²) in [6, 6.07) is 11.4. The van der Waals surface area contributed by atoms with Gasteiger partial charge in [-0.2, -0.15) is 0 Å². The predicted octanol–water partition coefficient (Wildman–Crippen LogP) is 3.57. The van der Waals surface area contributed by atoms with Crippen LogP contribution in [-0.2, 0) is 0 Å². The first-order chi connectivity index (χ1) is 13.8. The van der Waals surface area contributed by atoms with Crippen molar-refractivity contribution in [1.29, 1.82) is 0 Å². The van der Waals surface area contributed by atoms with Crippen molar-refractivity contribution < 1.29 is 9.53 Å². The Morgan fingerprint density at radius 3 is 2.79 bits per heavy atom. The number of likely N-dealkylation sites (tertiary alicyclic amines) is 1. The fraction of sp³-hybridized carbons (Fsp3) is 0.273. The summed E-state index contributed by atoms with van der Waals surface area (Å²) >= 11 is 0. The zero-order valence-electron chi connectivity index (χ0n) is 15.8. The van der Waals surface area contributed by atoms with Crippen molar-refractivity contribution >= 4 is 5.91 Å². The third kappa shape index (κ3) is 3.58. The molecule has 1 fully saturated rings. The van der Waals surface area contributed by atoms with Crippen LogP contribution >= 0.6 is 0 Å². The van der Waals surface area contributed by atoms with E-state index in [1.54, 1.807) is 38.0 Å². The van der Waals surface area contributed by atoms with Gasteiger partial charge in [-0.15, -0.1) is 0 Å². The molecule has 0 spiro atoms. The van der Waals surface area contributed by atoms with Crippen LogP contribution in [0.5, 0.6) is 5.75 Å². The summed E-state index contributed by atoms with van der Waals surface area (Å²) < 4.78 is 5.52. The molecule has 0 bridgehead atoms. The largest absolute Gasteiger partial charge is 0.496 e. The van der Waals surface area contributed by atoms with Crippen LogP contribution in [0.25, 0.3) is 11.3 Å². The highest BCUT2D eigenvalue weighted by molar-refractivity contribution is 5.94. The Labute approximate surface area is 164 Å². The highest BCUT2D eigenvalue weighted by Crippen LogP contribution is 2.35. The van der Waals surface area contributed by atoms with E-state index in [0.29, 0.717) is 12.1 Å². The molecule has 142 valence electrons. The predicted molar refractivity (Wildman–Crippen MR) is 106 cm³/mol. The van der Waals surface area contributed by atoms with Gasteiger partial charge in [0.1, 0.15) is 5.75 Å². The lowest BCUT2D eigenvalue weighted by Crippen LogP contribution is -2.39. The van der Waals surface area contributed by atoms with Gasteiger partial charge in [0, 0.05) is 49.4 Å². The molecule has 1 aliphatic rings. The minimum Gasteiger partial charge on any atom is -0.496 e. The molecule has 3 aromatic rings. The molecule has 1 amide bonds. The topological polar surface area (TPSA) is 68.2 Å². The molecule has 6 nitrogen and oxygen atoms in total. The van der Waals surface area contributed by atoms with E-state index in [1.807, 2.05) is 35.2 Å². The third-order valence-corrected chi connectivity index (χ3v) is 5.09. The molecule has 1 atom stereocenters. The number of carbonyl (C=O) groups excluding carboxylic acids is 1. The van der Waals surface area contributed by atoms with Crippen molar-refractivity contribution in [3.63, 3.8) is 0 Å². The van der Waals surface area contributed by atoms with Crippen LogP contribution in [-0.4, -0.2) is 46.0 Å². The first-order valence-corrected chi connectivity index (χ1v) is 9.41. The van der Waals surface area contributed by atoms with Gasteiger partial charge in [0.2, 0.25) is 0 Å². The molecule has 0 saturated carbocycles. The van der Waals surface area contributed by atoms with Crippen molar-refractivity contribution in [2.24, 2.45) is 0 Å². The number of para-hydroxylation sites is 1. The molecule has 0 unspecified atom stereocenters. The Morgan fingerprint density at radius 2 is 1.96 bits per heavy atom. The Morgan fingerprint density at radius 1 is 1.11 bits per heavy atom. The number of hydrogen-bond donors (Lipinski definition) is 0. The van der Waals surface area contributed by atoms with Crippen molar-refractivity contribution in [3.8, 4) is 17.0 Å². The van der Waals surface area contributed by atoms with E-state index in [-0.39, 0.29) is 11.8 Å². The van der Waals surface area contributed by atoms with E-state index in [2.05, 4.69) is 15.0 Å². The molecule has 1 aliphatic heterocycles. The van der Waals surface area contributed by atoms with Gasteiger partial charge in [-0.3, -0.25) is 19.7 Å². The van der Waals surface area contributed by atoms with Crippen molar-refractivity contribution in [3.05, 3.63) is 72.4 Å². The van der Waals surface area contributed by atoms with Gasteiger partial charge in [-0.1, -0.05) is 12.1 Å². The number of rotatable bonds is 4. The Balaban J connectivity index is 1.64. The van der Waals surface area contributed by atoms with E-state index in [9.17, 15) is 4.79 Å². The second-order valence-corrected chi connectivity index (χ2v) is 6.82. The first kappa shape index (κ1) is 18.1. The van der Waals surface area contributed by atoms with E-state index in [4.69, 9.17) is 4.74 Å². The number of amides is 1. The Bertz CT molecular complexity index is 962. The molecule has 0 aliphatic carbocycles. The number of piperidine rings is 1. The number of hydrogen-bond acceptors (Lipinski definition) is 5. The van der Waals surface area contributed by atoms with Crippen LogP contribution in [0.15, 0.2) is 61.2 Å². The van der Waals surface area contributed by atoms with Crippen LogP contribution in [0.2, 0.25) is 0 Å². The van der Waals surface area contributed by atoms with E-state index in [0.717, 1.165) is 42.1 Å². The molecule has 4 rings (SSSR count). The van der Waals surface area contributed by atoms with Gasteiger partial charge in [0.15, 0.2) is 0 Å².